The van der Waals surface area contributed by atoms with Crippen LogP contribution in [0.4, 0.5) is 0 Å². The standard InChI is InChI=1S/C18H21Cl2NO3/c1-10-8-14-15(11(2)16(10)20)13(22)9-18(24-14)4-6-21(7-5-18)17(23)12(3)19/h8,12H,4-7,9H2,1-3H3. The van der Waals surface area contributed by atoms with Gasteiger partial charge in [-0.2, -0.15) is 0 Å². The molecule has 1 saturated heterocycles. The van der Waals surface area contributed by atoms with E-state index in [1.165, 1.54) is 0 Å². The quantitative estimate of drug-likeness (QED) is 0.705. The van der Waals surface area contributed by atoms with Gasteiger partial charge in [0.05, 0.1) is 12.0 Å². The molecule has 0 bridgehead atoms. The van der Waals surface area contributed by atoms with Crippen molar-refractivity contribution in [3.8, 4) is 5.75 Å². The second kappa shape index (κ2) is 6.23. The van der Waals surface area contributed by atoms with Crippen molar-refractivity contribution in [1.29, 1.82) is 0 Å². The lowest BCUT2D eigenvalue weighted by atomic mass is 9.81. The maximum absolute atomic E-state index is 12.7. The monoisotopic (exact) mass is 369 g/mol. The number of benzene rings is 1. The Morgan fingerprint density at radius 2 is 1.96 bits per heavy atom. The number of rotatable bonds is 1. The molecule has 3 rings (SSSR count). The van der Waals surface area contributed by atoms with Gasteiger partial charge in [0, 0.05) is 31.0 Å². The fourth-order valence-electron chi connectivity index (χ4n) is 3.66. The molecule has 0 N–H and O–H groups in total. The van der Waals surface area contributed by atoms with Crippen LogP contribution in [0.2, 0.25) is 5.02 Å². The van der Waals surface area contributed by atoms with Gasteiger partial charge in [-0.1, -0.05) is 11.6 Å². The molecule has 1 aromatic carbocycles. The molecule has 6 heteroatoms. The van der Waals surface area contributed by atoms with Gasteiger partial charge >= 0.3 is 0 Å². The summed E-state index contributed by atoms with van der Waals surface area (Å²) in [6, 6.07) is 1.85. The number of aryl methyl sites for hydroxylation is 1. The molecule has 0 aromatic heterocycles. The third kappa shape index (κ3) is 2.91. The first-order chi connectivity index (χ1) is 11.2. The summed E-state index contributed by atoms with van der Waals surface area (Å²) in [6.45, 7) is 6.57. The highest BCUT2D eigenvalue weighted by molar-refractivity contribution is 6.33. The van der Waals surface area contributed by atoms with E-state index >= 15 is 0 Å². The molecule has 0 radical (unpaired) electrons. The minimum absolute atomic E-state index is 0.0625. The fourth-order valence-corrected chi connectivity index (χ4v) is 3.95. The van der Waals surface area contributed by atoms with Crippen LogP contribution in [0.25, 0.3) is 0 Å². The Labute approximate surface area is 152 Å². The number of ether oxygens (including phenoxy) is 1. The van der Waals surface area contributed by atoms with E-state index < -0.39 is 11.0 Å². The summed E-state index contributed by atoms with van der Waals surface area (Å²) in [5, 5.41) is 0.0966. The van der Waals surface area contributed by atoms with E-state index in [0.717, 1.165) is 11.1 Å². The summed E-state index contributed by atoms with van der Waals surface area (Å²) in [5.74, 6) is 0.629. The highest BCUT2D eigenvalue weighted by Crippen LogP contribution is 2.43. The zero-order valence-corrected chi connectivity index (χ0v) is 15.6. The zero-order valence-electron chi connectivity index (χ0n) is 14.1. The van der Waals surface area contributed by atoms with Crippen LogP contribution in [-0.2, 0) is 4.79 Å². The predicted molar refractivity (Wildman–Crippen MR) is 94.4 cm³/mol. The third-order valence-corrected chi connectivity index (χ3v) is 5.83. The smallest absolute Gasteiger partial charge is 0.240 e. The topological polar surface area (TPSA) is 46.6 Å². The van der Waals surface area contributed by atoms with Gasteiger partial charge in [-0.25, -0.2) is 0 Å². The van der Waals surface area contributed by atoms with Crippen LogP contribution in [-0.4, -0.2) is 40.7 Å². The van der Waals surface area contributed by atoms with Crippen molar-refractivity contribution in [1.82, 2.24) is 4.90 Å². The van der Waals surface area contributed by atoms with Crippen LogP contribution < -0.4 is 4.74 Å². The molecule has 4 nitrogen and oxygen atoms in total. The first kappa shape index (κ1) is 17.6. The number of piperidine rings is 1. The van der Waals surface area contributed by atoms with Gasteiger partial charge in [0.25, 0.3) is 0 Å². The highest BCUT2D eigenvalue weighted by Gasteiger charge is 2.44. The molecule has 1 aromatic rings. The number of Topliss-reactive ketones (excluding diaryl/α,β-unsaturated/α-hetero) is 1. The van der Waals surface area contributed by atoms with Crippen LogP contribution >= 0.6 is 23.2 Å². The normalized spacial score (nSPS) is 20.5. The van der Waals surface area contributed by atoms with E-state index in [-0.39, 0.29) is 11.7 Å². The molecule has 2 aliphatic rings. The lowest BCUT2D eigenvalue weighted by molar-refractivity contribution is -0.134. The molecular formula is C18H21Cl2NO3. The van der Waals surface area contributed by atoms with Gasteiger partial charge < -0.3 is 9.64 Å². The molecule has 1 fully saturated rings. The van der Waals surface area contributed by atoms with Crippen molar-refractivity contribution in [2.75, 3.05) is 13.1 Å². The minimum Gasteiger partial charge on any atom is -0.486 e. The van der Waals surface area contributed by atoms with Crippen LogP contribution in [0.1, 0.15) is 47.7 Å². The Morgan fingerprint density at radius 3 is 2.54 bits per heavy atom. The average molecular weight is 370 g/mol. The number of amides is 1. The van der Waals surface area contributed by atoms with Crippen molar-refractivity contribution >= 4 is 34.9 Å². The van der Waals surface area contributed by atoms with Gasteiger partial charge in [0.1, 0.15) is 16.7 Å². The van der Waals surface area contributed by atoms with E-state index in [2.05, 4.69) is 0 Å². The van der Waals surface area contributed by atoms with E-state index in [1.807, 2.05) is 19.9 Å². The van der Waals surface area contributed by atoms with E-state index in [4.69, 9.17) is 27.9 Å². The van der Waals surface area contributed by atoms with Crippen LogP contribution in [0.3, 0.4) is 0 Å². The lowest BCUT2D eigenvalue weighted by Gasteiger charge is -2.44. The molecule has 1 amide bonds. The number of carbonyl (C=O) groups is 2. The van der Waals surface area contributed by atoms with Gasteiger partial charge in [-0.3, -0.25) is 9.59 Å². The zero-order chi connectivity index (χ0) is 17.6. The number of hydrogen-bond acceptors (Lipinski definition) is 3. The Morgan fingerprint density at radius 1 is 1.33 bits per heavy atom. The van der Waals surface area contributed by atoms with E-state index in [0.29, 0.717) is 48.7 Å². The molecule has 2 aliphatic heterocycles. The summed E-state index contributed by atoms with van der Waals surface area (Å²) in [4.78, 5) is 26.5. The van der Waals surface area contributed by atoms with Gasteiger partial charge in [-0.05, 0) is 38.0 Å². The molecule has 0 saturated carbocycles. The molecule has 130 valence electrons. The van der Waals surface area contributed by atoms with Gasteiger partial charge in [0.2, 0.25) is 5.91 Å². The summed E-state index contributed by atoms with van der Waals surface area (Å²) >= 11 is 12.2. The predicted octanol–water partition coefficient (Wildman–Crippen LogP) is 3.91. The average Bonchev–Trinajstić information content (AvgIpc) is 2.52. The number of halogens is 2. The first-order valence-electron chi connectivity index (χ1n) is 8.19. The van der Waals surface area contributed by atoms with Crippen LogP contribution in [0.5, 0.6) is 5.75 Å². The third-order valence-electron chi connectivity index (χ3n) is 5.06. The lowest BCUT2D eigenvalue weighted by Crippen LogP contribution is -2.53. The van der Waals surface area contributed by atoms with Gasteiger partial charge in [0.15, 0.2) is 5.78 Å². The molecule has 0 aliphatic carbocycles. The fraction of sp³-hybridized carbons (Fsp3) is 0.556. The summed E-state index contributed by atoms with van der Waals surface area (Å²) in [5.41, 5.74) is 1.77. The number of fused-ring (bicyclic) bond motifs is 1. The Hall–Kier alpha value is -1.26. The second-order valence-electron chi connectivity index (χ2n) is 6.83. The number of nitrogens with zero attached hydrogens (tertiary/aromatic N) is 1. The van der Waals surface area contributed by atoms with Gasteiger partial charge in [-0.15, -0.1) is 11.6 Å². The Balaban J connectivity index is 1.84. The molecule has 1 unspecified atom stereocenters. The number of alkyl halides is 1. The van der Waals surface area contributed by atoms with Crippen LogP contribution in [0, 0.1) is 13.8 Å². The Kier molecular flexibility index (Phi) is 4.56. The van der Waals surface area contributed by atoms with Crippen molar-refractivity contribution in [3.05, 3.63) is 27.8 Å². The largest absolute Gasteiger partial charge is 0.486 e. The number of hydrogen-bond donors (Lipinski definition) is 0. The summed E-state index contributed by atoms with van der Waals surface area (Å²) in [7, 11) is 0. The van der Waals surface area contributed by atoms with E-state index in [1.54, 1.807) is 11.8 Å². The number of ketones is 1. The van der Waals surface area contributed by atoms with Crippen molar-refractivity contribution in [2.45, 2.75) is 51.0 Å². The van der Waals surface area contributed by atoms with E-state index in [9.17, 15) is 9.59 Å². The maximum atomic E-state index is 12.7. The molecule has 1 spiro atoms. The Bertz CT molecular complexity index is 707. The summed E-state index contributed by atoms with van der Waals surface area (Å²) in [6.07, 6.45) is 1.60. The van der Waals surface area contributed by atoms with Crippen molar-refractivity contribution in [2.24, 2.45) is 0 Å². The number of likely N-dealkylation sites (tertiary alicyclic amines) is 1. The highest BCUT2D eigenvalue weighted by atomic mass is 35.5. The first-order valence-corrected chi connectivity index (χ1v) is 9.00. The van der Waals surface area contributed by atoms with Crippen molar-refractivity contribution < 1.29 is 14.3 Å². The molecule has 1 atom stereocenters. The summed E-state index contributed by atoms with van der Waals surface area (Å²) < 4.78 is 6.29. The second-order valence-corrected chi connectivity index (χ2v) is 7.86. The molecule has 24 heavy (non-hydrogen) atoms. The van der Waals surface area contributed by atoms with Crippen molar-refractivity contribution in [3.63, 3.8) is 0 Å². The minimum atomic E-state index is -0.527. The molecular weight excluding hydrogens is 349 g/mol. The SMILES string of the molecule is Cc1cc2c(c(C)c1Cl)C(=O)CC1(CCN(C(=O)C(C)Cl)CC1)O2. The number of carbonyl (C=O) groups excluding carboxylic acids is 2. The van der Waals surface area contributed by atoms with Crippen LogP contribution in [0.15, 0.2) is 6.07 Å². The maximum Gasteiger partial charge on any atom is 0.240 e. The molecule has 2 heterocycles.